The molecule has 6 heteroatoms. The lowest BCUT2D eigenvalue weighted by Crippen LogP contribution is -2.43. The maximum absolute atomic E-state index is 13.1. The van der Waals surface area contributed by atoms with Crippen LogP contribution >= 0.6 is 11.6 Å². The van der Waals surface area contributed by atoms with E-state index in [1.165, 1.54) is 23.2 Å². The van der Waals surface area contributed by atoms with Crippen LogP contribution in [0.1, 0.15) is 32.6 Å². The smallest absolute Gasteiger partial charge is 0.259 e. The molecule has 4 nitrogen and oxygen atoms in total. The molecule has 1 N–H and O–H groups in total. The van der Waals surface area contributed by atoms with E-state index < -0.39 is 11.2 Å². The van der Waals surface area contributed by atoms with Gasteiger partial charge in [0.05, 0.1) is 27.9 Å². The van der Waals surface area contributed by atoms with Crippen molar-refractivity contribution in [3.8, 4) is 0 Å². The maximum atomic E-state index is 13.1. The summed E-state index contributed by atoms with van der Waals surface area (Å²) in [5, 5.41) is 15.4. The van der Waals surface area contributed by atoms with Gasteiger partial charge in [0.25, 0.3) is 5.91 Å². The minimum absolute atomic E-state index is 0.139. The van der Waals surface area contributed by atoms with Crippen LogP contribution in [-0.2, 0) is 4.79 Å². The molecule has 1 amide bonds. The van der Waals surface area contributed by atoms with Crippen LogP contribution in [0, 0.1) is 11.2 Å². The molecule has 1 aromatic carbocycles. The zero-order valence-corrected chi connectivity index (χ0v) is 12.4. The predicted molar refractivity (Wildman–Crippen MR) is 78.9 cm³/mol. The Hall–Kier alpha value is -1.46. The monoisotopic (exact) mass is 310 g/mol. The molecule has 2 aliphatic rings. The first-order valence-electron chi connectivity index (χ1n) is 6.97. The summed E-state index contributed by atoms with van der Waals surface area (Å²) >= 11 is 6.03. The fourth-order valence-corrected chi connectivity index (χ4v) is 3.38. The van der Waals surface area contributed by atoms with Crippen molar-refractivity contribution in [3.05, 3.63) is 29.0 Å². The van der Waals surface area contributed by atoms with Crippen LogP contribution in [0.4, 0.5) is 10.1 Å². The summed E-state index contributed by atoms with van der Waals surface area (Å²) in [7, 11) is 0. The molecule has 0 radical (unpaired) electrons. The number of hydrogen-bond acceptors (Lipinski definition) is 3. The number of aliphatic hydroxyl groups is 1. The van der Waals surface area contributed by atoms with Gasteiger partial charge in [-0.15, -0.1) is 0 Å². The SMILES string of the molecule is CC1=NN(c2ccc(F)cc2Cl)C(=O)[C@]12CC[C@@H](O)CC2. The van der Waals surface area contributed by atoms with E-state index in [1.807, 2.05) is 6.92 Å². The number of amides is 1. The molecule has 1 saturated carbocycles. The number of aliphatic hydroxyl groups excluding tert-OH is 1. The van der Waals surface area contributed by atoms with E-state index in [0.717, 1.165) is 5.71 Å². The summed E-state index contributed by atoms with van der Waals surface area (Å²) in [5.74, 6) is -0.591. The van der Waals surface area contributed by atoms with E-state index >= 15 is 0 Å². The highest BCUT2D eigenvalue weighted by molar-refractivity contribution is 6.34. The van der Waals surface area contributed by atoms with Crippen molar-refractivity contribution in [3.63, 3.8) is 0 Å². The van der Waals surface area contributed by atoms with Crippen LogP contribution in [0.25, 0.3) is 0 Å². The van der Waals surface area contributed by atoms with E-state index in [2.05, 4.69) is 5.10 Å². The standard InChI is InChI=1S/C15H16ClFN2O2/c1-9-15(6-4-11(20)5-7-15)14(21)19(18-9)13-3-2-10(17)8-12(13)16/h2-3,8,11,20H,4-7H2,1H3/t11-,15+. The van der Waals surface area contributed by atoms with Crippen LogP contribution < -0.4 is 5.01 Å². The minimum Gasteiger partial charge on any atom is -0.393 e. The Morgan fingerprint density at radius 2 is 2.10 bits per heavy atom. The number of carbonyl (C=O) groups is 1. The van der Waals surface area contributed by atoms with Crippen LogP contribution in [0.5, 0.6) is 0 Å². The Morgan fingerprint density at radius 1 is 1.43 bits per heavy atom. The average Bonchev–Trinajstić information content (AvgIpc) is 2.67. The van der Waals surface area contributed by atoms with Crippen molar-refractivity contribution in [2.24, 2.45) is 10.5 Å². The molecule has 0 atom stereocenters. The highest BCUT2D eigenvalue weighted by atomic mass is 35.5. The summed E-state index contributed by atoms with van der Waals surface area (Å²) in [6.45, 7) is 1.83. The van der Waals surface area contributed by atoms with Gasteiger partial charge in [-0.2, -0.15) is 10.1 Å². The number of hydrogen-bond donors (Lipinski definition) is 1. The van der Waals surface area contributed by atoms with Crippen LogP contribution in [0.3, 0.4) is 0 Å². The van der Waals surface area contributed by atoms with Gasteiger partial charge >= 0.3 is 0 Å². The third-order valence-electron chi connectivity index (χ3n) is 4.49. The number of hydrazone groups is 1. The summed E-state index contributed by atoms with van der Waals surface area (Å²) in [4.78, 5) is 12.8. The molecular formula is C15H16ClFN2O2. The second kappa shape index (κ2) is 5.07. The highest BCUT2D eigenvalue weighted by Gasteiger charge is 2.51. The molecule has 21 heavy (non-hydrogen) atoms. The number of anilines is 1. The number of rotatable bonds is 1. The molecule has 1 fully saturated rings. The van der Waals surface area contributed by atoms with Crippen molar-refractivity contribution < 1.29 is 14.3 Å². The number of carbonyl (C=O) groups excluding carboxylic acids is 1. The topological polar surface area (TPSA) is 52.9 Å². The second-order valence-electron chi connectivity index (χ2n) is 5.71. The molecule has 1 aromatic rings. The molecule has 0 aromatic heterocycles. The van der Waals surface area contributed by atoms with Gasteiger partial charge in [-0.1, -0.05) is 11.6 Å². The van der Waals surface area contributed by atoms with Gasteiger partial charge in [-0.25, -0.2) is 4.39 Å². The third kappa shape index (κ3) is 2.24. The Morgan fingerprint density at radius 3 is 2.71 bits per heavy atom. The van der Waals surface area contributed by atoms with Crippen LogP contribution in [0.2, 0.25) is 5.02 Å². The van der Waals surface area contributed by atoms with E-state index in [4.69, 9.17) is 11.6 Å². The number of benzene rings is 1. The summed E-state index contributed by atoms with van der Waals surface area (Å²) in [6, 6.07) is 3.89. The first-order valence-corrected chi connectivity index (χ1v) is 7.35. The zero-order chi connectivity index (χ0) is 15.2. The quantitative estimate of drug-likeness (QED) is 0.866. The maximum Gasteiger partial charge on any atom is 0.259 e. The molecule has 3 rings (SSSR count). The minimum atomic E-state index is -0.642. The molecule has 1 aliphatic carbocycles. The van der Waals surface area contributed by atoms with E-state index in [0.29, 0.717) is 31.4 Å². The lowest BCUT2D eigenvalue weighted by Gasteiger charge is -2.34. The van der Waals surface area contributed by atoms with E-state index in [9.17, 15) is 14.3 Å². The second-order valence-corrected chi connectivity index (χ2v) is 6.12. The fraction of sp³-hybridized carbons (Fsp3) is 0.467. The Bertz CT molecular complexity index is 624. The lowest BCUT2D eigenvalue weighted by molar-refractivity contribution is -0.125. The van der Waals surface area contributed by atoms with Gasteiger partial charge in [0.1, 0.15) is 5.82 Å². The first kappa shape index (κ1) is 14.5. The molecule has 0 saturated heterocycles. The zero-order valence-electron chi connectivity index (χ0n) is 11.6. The van der Waals surface area contributed by atoms with Gasteiger partial charge in [0.2, 0.25) is 0 Å². The predicted octanol–water partition coefficient (Wildman–Crippen LogP) is 3.12. The normalized spacial score (nSPS) is 29.1. The Labute approximate surface area is 127 Å². The summed E-state index contributed by atoms with van der Waals surface area (Å²) < 4.78 is 13.1. The summed E-state index contributed by atoms with van der Waals surface area (Å²) in [6.07, 6.45) is 1.99. The molecule has 112 valence electrons. The van der Waals surface area contributed by atoms with E-state index in [-0.39, 0.29) is 17.0 Å². The van der Waals surface area contributed by atoms with Crippen molar-refractivity contribution in [1.29, 1.82) is 0 Å². The van der Waals surface area contributed by atoms with Gasteiger partial charge in [0, 0.05) is 0 Å². The Balaban J connectivity index is 1.95. The van der Waals surface area contributed by atoms with Crippen molar-refractivity contribution >= 4 is 28.9 Å². The van der Waals surface area contributed by atoms with Crippen LogP contribution in [0.15, 0.2) is 23.3 Å². The van der Waals surface area contributed by atoms with Crippen molar-refractivity contribution in [2.45, 2.75) is 38.7 Å². The Kier molecular flexibility index (Phi) is 3.50. The number of halogens is 2. The summed E-state index contributed by atoms with van der Waals surface area (Å²) in [5.41, 5.74) is 0.488. The van der Waals surface area contributed by atoms with Crippen molar-refractivity contribution in [1.82, 2.24) is 0 Å². The van der Waals surface area contributed by atoms with E-state index in [1.54, 1.807) is 0 Å². The van der Waals surface area contributed by atoms with Gasteiger partial charge in [-0.05, 0) is 50.8 Å². The molecule has 0 bridgehead atoms. The molecule has 1 heterocycles. The number of nitrogens with zero attached hydrogens (tertiary/aromatic N) is 2. The third-order valence-corrected chi connectivity index (χ3v) is 4.79. The van der Waals surface area contributed by atoms with Gasteiger partial charge < -0.3 is 5.11 Å². The largest absolute Gasteiger partial charge is 0.393 e. The lowest BCUT2D eigenvalue weighted by atomic mass is 9.70. The molecule has 1 spiro atoms. The average molecular weight is 311 g/mol. The fourth-order valence-electron chi connectivity index (χ4n) is 3.14. The first-order chi connectivity index (χ1) is 9.94. The van der Waals surface area contributed by atoms with Crippen LogP contribution in [-0.4, -0.2) is 22.8 Å². The molecule has 0 unspecified atom stereocenters. The highest BCUT2D eigenvalue weighted by Crippen LogP contribution is 2.45. The van der Waals surface area contributed by atoms with Gasteiger partial charge in [0.15, 0.2) is 0 Å². The van der Waals surface area contributed by atoms with Gasteiger partial charge in [-0.3, -0.25) is 4.79 Å². The molecular weight excluding hydrogens is 295 g/mol. The van der Waals surface area contributed by atoms with Crippen molar-refractivity contribution in [2.75, 3.05) is 5.01 Å². The molecule has 1 aliphatic heterocycles.